The van der Waals surface area contributed by atoms with Gasteiger partial charge in [-0.1, -0.05) is 18.2 Å². The standard InChI is InChI=1S/C14H7F5O/c15-9-5-8(6-10(16)7-9)13(20)11-3-1-2-4-12(11)14(17,18)19/h1-7H. The smallest absolute Gasteiger partial charge is 0.289 e. The van der Waals surface area contributed by atoms with Crippen LogP contribution in [0.15, 0.2) is 42.5 Å². The number of rotatable bonds is 2. The van der Waals surface area contributed by atoms with Crippen LogP contribution >= 0.6 is 0 Å². The molecule has 2 rings (SSSR count). The zero-order valence-corrected chi connectivity index (χ0v) is 9.84. The predicted octanol–water partition coefficient (Wildman–Crippen LogP) is 4.21. The van der Waals surface area contributed by atoms with Crippen molar-refractivity contribution in [2.45, 2.75) is 6.18 Å². The first-order chi connectivity index (χ1) is 9.29. The second-order valence-electron chi connectivity index (χ2n) is 4.03. The summed E-state index contributed by atoms with van der Waals surface area (Å²) in [6.07, 6.45) is -4.72. The lowest BCUT2D eigenvalue weighted by atomic mass is 9.98. The monoisotopic (exact) mass is 286 g/mol. The highest BCUT2D eigenvalue weighted by molar-refractivity contribution is 6.10. The van der Waals surface area contributed by atoms with E-state index in [2.05, 4.69) is 0 Å². The van der Waals surface area contributed by atoms with Crippen molar-refractivity contribution in [1.29, 1.82) is 0 Å². The fourth-order valence-corrected chi connectivity index (χ4v) is 1.77. The summed E-state index contributed by atoms with van der Waals surface area (Å²) in [7, 11) is 0. The summed E-state index contributed by atoms with van der Waals surface area (Å²) in [6, 6.07) is 6.00. The van der Waals surface area contributed by atoms with Gasteiger partial charge in [0.05, 0.1) is 5.56 Å². The zero-order valence-electron chi connectivity index (χ0n) is 9.84. The van der Waals surface area contributed by atoms with Crippen molar-refractivity contribution >= 4 is 5.78 Å². The van der Waals surface area contributed by atoms with E-state index in [1.807, 2.05) is 0 Å². The van der Waals surface area contributed by atoms with Crippen LogP contribution in [0.3, 0.4) is 0 Å². The maximum atomic E-state index is 13.0. The van der Waals surface area contributed by atoms with Crippen molar-refractivity contribution in [1.82, 2.24) is 0 Å². The average Bonchev–Trinajstić information content (AvgIpc) is 2.35. The molecule has 0 saturated heterocycles. The van der Waals surface area contributed by atoms with Crippen LogP contribution in [0.1, 0.15) is 21.5 Å². The van der Waals surface area contributed by atoms with E-state index in [0.29, 0.717) is 18.2 Å². The lowest BCUT2D eigenvalue weighted by Crippen LogP contribution is -2.14. The molecule has 2 aromatic rings. The maximum Gasteiger partial charge on any atom is 0.417 e. The summed E-state index contributed by atoms with van der Waals surface area (Å²) in [5.74, 6) is -3.15. The van der Waals surface area contributed by atoms with Gasteiger partial charge in [-0.3, -0.25) is 4.79 Å². The molecule has 0 heterocycles. The molecule has 0 aromatic heterocycles. The first-order valence-corrected chi connectivity index (χ1v) is 5.46. The molecule has 20 heavy (non-hydrogen) atoms. The van der Waals surface area contributed by atoms with Crippen LogP contribution in [0.4, 0.5) is 22.0 Å². The number of halogens is 5. The lowest BCUT2D eigenvalue weighted by molar-refractivity contribution is -0.137. The summed E-state index contributed by atoms with van der Waals surface area (Å²) < 4.78 is 64.4. The van der Waals surface area contributed by atoms with E-state index in [0.717, 1.165) is 18.2 Å². The largest absolute Gasteiger partial charge is 0.417 e. The molecule has 0 atom stereocenters. The van der Waals surface area contributed by atoms with Crippen molar-refractivity contribution in [3.8, 4) is 0 Å². The molecule has 0 fully saturated rings. The number of carbonyl (C=O) groups excluding carboxylic acids is 1. The molecule has 0 amide bonds. The first kappa shape index (κ1) is 14.2. The molecule has 0 unspecified atom stereocenters. The Morgan fingerprint density at radius 1 is 0.900 bits per heavy atom. The van der Waals surface area contributed by atoms with Gasteiger partial charge in [-0.15, -0.1) is 0 Å². The normalized spacial score (nSPS) is 11.4. The van der Waals surface area contributed by atoms with Gasteiger partial charge in [0.2, 0.25) is 0 Å². The van der Waals surface area contributed by atoms with Crippen LogP contribution in [-0.4, -0.2) is 5.78 Å². The quantitative estimate of drug-likeness (QED) is 0.597. The van der Waals surface area contributed by atoms with Crippen LogP contribution in [0.25, 0.3) is 0 Å². The highest BCUT2D eigenvalue weighted by Crippen LogP contribution is 2.32. The summed E-state index contributed by atoms with van der Waals surface area (Å²) in [5, 5.41) is 0. The molecule has 0 aliphatic carbocycles. The van der Waals surface area contributed by atoms with Crippen molar-refractivity contribution in [2.75, 3.05) is 0 Å². The number of benzene rings is 2. The third-order valence-corrected chi connectivity index (χ3v) is 2.60. The number of alkyl halides is 3. The van der Waals surface area contributed by atoms with E-state index in [4.69, 9.17) is 0 Å². The van der Waals surface area contributed by atoms with Crippen LogP contribution < -0.4 is 0 Å². The predicted molar refractivity (Wildman–Crippen MR) is 61.2 cm³/mol. The number of ketones is 1. The molecule has 0 spiro atoms. The van der Waals surface area contributed by atoms with Crippen LogP contribution in [-0.2, 0) is 6.18 Å². The van der Waals surface area contributed by atoms with Gasteiger partial charge >= 0.3 is 6.18 Å². The molecule has 104 valence electrons. The van der Waals surface area contributed by atoms with Crippen molar-refractivity contribution in [3.63, 3.8) is 0 Å². The van der Waals surface area contributed by atoms with Gasteiger partial charge in [0, 0.05) is 17.2 Å². The van der Waals surface area contributed by atoms with Gasteiger partial charge in [-0.25, -0.2) is 8.78 Å². The number of carbonyl (C=O) groups is 1. The zero-order chi connectivity index (χ0) is 14.9. The van der Waals surface area contributed by atoms with E-state index < -0.39 is 40.3 Å². The third kappa shape index (κ3) is 2.84. The lowest BCUT2D eigenvalue weighted by Gasteiger charge is -2.11. The van der Waals surface area contributed by atoms with Crippen molar-refractivity contribution in [2.24, 2.45) is 0 Å². The molecule has 2 aromatic carbocycles. The Morgan fingerprint density at radius 2 is 1.45 bits per heavy atom. The molecule has 1 nitrogen and oxygen atoms in total. The molecule has 0 aliphatic rings. The maximum absolute atomic E-state index is 13.0. The number of hydrogen-bond acceptors (Lipinski definition) is 1. The van der Waals surface area contributed by atoms with E-state index in [-0.39, 0.29) is 0 Å². The Balaban J connectivity index is 2.54. The van der Waals surface area contributed by atoms with Gasteiger partial charge in [0.25, 0.3) is 0 Å². The Kier molecular flexibility index (Phi) is 3.57. The van der Waals surface area contributed by atoms with Gasteiger partial charge in [-0.2, -0.15) is 13.2 Å². The molecular formula is C14H7F5O. The summed E-state index contributed by atoms with van der Waals surface area (Å²) >= 11 is 0. The van der Waals surface area contributed by atoms with Gasteiger partial charge < -0.3 is 0 Å². The Bertz CT molecular complexity index is 641. The average molecular weight is 286 g/mol. The van der Waals surface area contributed by atoms with E-state index in [9.17, 15) is 26.7 Å². The van der Waals surface area contributed by atoms with E-state index in [1.54, 1.807) is 0 Å². The van der Waals surface area contributed by atoms with E-state index >= 15 is 0 Å². The van der Waals surface area contributed by atoms with Crippen LogP contribution in [0, 0.1) is 11.6 Å². The Hall–Kier alpha value is -2.24. The second-order valence-corrected chi connectivity index (χ2v) is 4.03. The minimum Gasteiger partial charge on any atom is -0.289 e. The van der Waals surface area contributed by atoms with E-state index in [1.165, 1.54) is 6.07 Å². The molecule has 0 aliphatic heterocycles. The molecule has 0 saturated carbocycles. The highest BCUT2D eigenvalue weighted by Gasteiger charge is 2.35. The molecule has 6 heteroatoms. The molecular weight excluding hydrogens is 279 g/mol. The fraction of sp³-hybridized carbons (Fsp3) is 0.0714. The minimum atomic E-state index is -4.72. The topological polar surface area (TPSA) is 17.1 Å². The Morgan fingerprint density at radius 3 is 2.00 bits per heavy atom. The summed E-state index contributed by atoms with van der Waals surface area (Å²) in [6.45, 7) is 0. The molecule has 0 radical (unpaired) electrons. The molecule has 0 bridgehead atoms. The summed E-state index contributed by atoms with van der Waals surface area (Å²) in [5.41, 5.74) is -2.26. The van der Waals surface area contributed by atoms with Gasteiger partial charge in [0.1, 0.15) is 11.6 Å². The van der Waals surface area contributed by atoms with Crippen LogP contribution in [0.2, 0.25) is 0 Å². The fourth-order valence-electron chi connectivity index (χ4n) is 1.77. The summed E-state index contributed by atoms with van der Waals surface area (Å²) in [4.78, 5) is 12.0. The van der Waals surface area contributed by atoms with Gasteiger partial charge in [0.15, 0.2) is 5.78 Å². The first-order valence-electron chi connectivity index (χ1n) is 5.46. The highest BCUT2D eigenvalue weighted by atomic mass is 19.4. The minimum absolute atomic E-state index is 0.473. The third-order valence-electron chi connectivity index (χ3n) is 2.60. The van der Waals surface area contributed by atoms with Crippen molar-refractivity contribution < 1.29 is 26.7 Å². The van der Waals surface area contributed by atoms with Crippen molar-refractivity contribution in [3.05, 3.63) is 70.8 Å². The van der Waals surface area contributed by atoms with Crippen LogP contribution in [0.5, 0.6) is 0 Å². The van der Waals surface area contributed by atoms with Gasteiger partial charge in [-0.05, 0) is 18.2 Å². The Labute approximate surface area is 110 Å². The second kappa shape index (κ2) is 5.03. The number of hydrogen-bond donors (Lipinski definition) is 0. The SMILES string of the molecule is O=C(c1cc(F)cc(F)c1)c1ccccc1C(F)(F)F. The molecule has 0 N–H and O–H groups in total.